The molecule has 2 aliphatic rings. The second-order valence-corrected chi connectivity index (χ2v) is 14.3. The van der Waals surface area contributed by atoms with Gasteiger partial charge in [0.25, 0.3) is 0 Å². The van der Waals surface area contributed by atoms with Gasteiger partial charge in [-0.3, -0.25) is 0 Å². The number of rotatable bonds is 20. The average Bonchev–Trinajstić information content (AvgIpc) is 3.28. The maximum Gasteiger partial charge on any atom is 0.187 e. The molecule has 5 aromatic carbocycles. The molecule has 10 heteroatoms. The standard InChI is InChI=1S/C48H52O10/c1-50-40-24-22-39(23-25-40)32-55-46-44(49)42(33-51-28-35-14-6-2-7-15-35)57-48(47(46)56-31-38-20-12-5-13-21-38)58-45-41(54-30-37-18-10-4-11-19-37)26-27-53-43(45)34-52-29-36-16-8-3-9-17-36/h2-27,41-49H,28-34H2,1H3/t41-,42-,43-,44+,45+,46+,47-,48+/m1/s1. The van der Waals surface area contributed by atoms with Crippen LogP contribution in [0.5, 0.6) is 5.75 Å². The zero-order valence-corrected chi connectivity index (χ0v) is 32.7. The van der Waals surface area contributed by atoms with Gasteiger partial charge < -0.3 is 47.7 Å². The molecule has 7 rings (SSSR count). The molecule has 0 bridgehead atoms. The highest BCUT2D eigenvalue weighted by Crippen LogP contribution is 2.33. The zero-order valence-electron chi connectivity index (χ0n) is 32.7. The van der Waals surface area contributed by atoms with Gasteiger partial charge in [-0.05, 0) is 46.0 Å². The third-order valence-corrected chi connectivity index (χ3v) is 10.1. The average molecular weight is 789 g/mol. The molecular weight excluding hydrogens is 737 g/mol. The molecule has 0 amide bonds. The Balaban J connectivity index is 1.17. The molecule has 304 valence electrons. The highest BCUT2D eigenvalue weighted by atomic mass is 16.7. The van der Waals surface area contributed by atoms with Crippen molar-refractivity contribution in [1.82, 2.24) is 0 Å². The van der Waals surface area contributed by atoms with Gasteiger partial charge in [0, 0.05) is 0 Å². The van der Waals surface area contributed by atoms with E-state index in [1.807, 2.05) is 152 Å². The third-order valence-electron chi connectivity index (χ3n) is 10.1. The van der Waals surface area contributed by atoms with Crippen molar-refractivity contribution in [2.24, 2.45) is 0 Å². The van der Waals surface area contributed by atoms with Gasteiger partial charge in [0.05, 0.1) is 59.6 Å². The summed E-state index contributed by atoms with van der Waals surface area (Å²) < 4.78 is 57.5. The van der Waals surface area contributed by atoms with E-state index in [2.05, 4.69) is 0 Å². The predicted molar refractivity (Wildman–Crippen MR) is 217 cm³/mol. The lowest BCUT2D eigenvalue weighted by molar-refractivity contribution is -0.341. The SMILES string of the molecule is COc1ccc(CO[C@H]2[C@@H](O)[C@@H](COCc3ccccc3)O[C@@H](O[C@H]3[C@H](OCc4ccccc4)C=CO[C@@H]3COCc3ccccc3)[C@@H]2OCc2ccccc2)cc1. The number of aliphatic hydroxyl groups is 1. The summed E-state index contributed by atoms with van der Waals surface area (Å²) in [6.07, 6.45) is -3.12. The third kappa shape index (κ3) is 11.8. The lowest BCUT2D eigenvalue weighted by Crippen LogP contribution is -2.62. The van der Waals surface area contributed by atoms with Gasteiger partial charge in [0.2, 0.25) is 0 Å². The maximum absolute atomic E-state index is 12.0. The molecule has 0 spiro atoms. The second kappa shape index (κ2) is 21.8. The summed E-state index contributed by atoms with van der Waals surface area (Å²) in [6, 6.07) is 47.2. The highest BCUT2D eigenvalue weighted by molar-refractivity contribution is 5.27. The van der Waals surface area contributed by atoms with E-state index >= 15 is 0 Å². The quantitative estimate of drug-likeness (QED) is 0.0850. The Hall–Kier alpha value is -4.88. The van der Waals surface area contributed by atoms with E-state index in [1.165, 1.54) is 0 Å². The Morgan fingerprint density at radius 1 is 0.500 bits per heavy atom. The van der Waals surface area contributed by atoms with Crippen molar-refractivity contribution in [2.75, 3.05) is 20.3 Å². The molecular formula is C48H52O10. The molecule has 0 aromatic heterocycles. The number of hydrogen-bond acceptors (Lipinski definition) is 10. The summed E-state index contributed by atoms with van der Waals surface area (Å²) in [4.78, 5) is 0. The van der Waals surface area contributed by atoms with Gasteiger partial charge >= 0.3 is 0 Å². The molecule has 0 unspecified atom stereocenters. The Kier molecular flexibility index (Phi) is 15.5. The smallest absolute Gasteiger partial charge is 0.187 e. The van der Waals surface area contributed by atoms with E-state index in [4.69, 9.17) is 42.6 Å². The van der Waals surface area contributed by atoms with Crippen molar-refractivity contribution < 1.29 is 47.7 Å². The number of hydrogen-bond donors (Lipinski definition) is 1. The summed E-state index contributed by atoms with van der Waals surface area (Å²) in [7, 11) is 1.63. The van der Waals surface area contributed by atoms with Crippen LogP contribution in [0.1, 0.15) is 27.8 Å². The normalized spacial score (nSPS) is 24.2. The lowest BCUT2D eigenvalue weighted by Gasteiger charge is -2.46. The van der Waals surface area contributed by atoms with Gasteiger partial charge in [-0.1, -0.05) is 133 Å². The largest absolute Gasteiger partial charge is 0.497 e. The van der Waals surface area contributed by atoms with Crippen LogP contribution in [0.2, 0.25) is 0 Å². The number of benzene rings is 5. The molecule has 1 N–H and O–H groups in total. The molecule has 2 aliphatic heterocycles. The molecule has 8 atom stereocenters. The number of methoxy groups -OCH3 is 1. The van der Waals surface area contributed by atoms with Crippen molar-refractivity contribution >= 4 is 0 Å². The van der Waals surface area contributed by atoms with Crippen LogP contribution in [0.3, 0.4) is 0 Å². The zero-order chi connectivity index (χ0) is 39.8. The Labute approximate surface area is 340 Å². The molecule has 1 fully saturated rings. The molecule has 5 aromatic rings. The van der Waals surface area contributed by atoms with E-state index in [-0.39, 0.29) is 26.4 Å². The molecule has 0 saturated carbocycles. The maximum atomic E-state index is 12.0. The first-order valence-corrected chi connectivity index (χ1v) is 19.7. The van der Waals surface area contributed by atoms with Gasteiger partial charge in [0.1, 0.15) is 42.4 Å². The summed E-state index contributed by atoms with van der Waals surface area (Å²) in [5, 5.41) is 12.0. The molecule has 0 radical (unpaired) electrons. The van der Waals surface area contributed by atoms with Crippen molar-refractivity contribution in [3.63, 3.8) is 0 Å². The minimum atomic E-state index is -1.13. The Bertz CT molecular complexity index is 1910. The van der Waals surface area contributed by atoms with E-state index < -0.39 is 49.0 Å². The highest BCUT2D eigenvalue weighted by Gasteiger charge is 2.50. The van der Waals surface area contributed by atoms with Gasteiger partial charge in [-0.2, -0.15) is 0 Å². The Morgan fingerprint density at radius 2 is 0.966 bits per heavy atom. The van der Waals surface area contributed by atoms with E-state index in [0.717, 1.165) is 33.6 Å². The fraction of sp³-hybridized carbons (Fsp3) is 0.333. The fourth-order valence-corrected chi connectivity index (χ4v) is 6.91. The van der Waals surface area contributed by atoms with E-state index in [9.17, 15) is 5.11 Å². The lowest BCUT2D eigenvalue weighted by atomic mass is 9.97. The van der Waals surface area contributed by atoms with Crippen molar-refractivity contribution in [3.05, 3.63) is 186 Å². The van der Waals surface area contributed by atoms with Crippen LogP contribution < -0.4 is 4.74 Å². The minimum absolute atomic E-state index is 0.0718. The van der Waals surface area contributed by atoms with Gasteiger partial charge in [-0.25, -0.2) is 0 Å². The van der Waals surface area contributed by atoms with Crippen molar-refractivity contribution in [2.45, 2.75) is 82.1 Å². The van der Waals surface area contributed by atoms with E-state index in [1.54, 1.807) is 13.4 Å². The van der Waals surface area contributed by atoms with Crippen molar-refractivity contribution in [3.8, 4) is 5.75 Å². The van der Waals surface area contributed by atoms with Crippen LogP contribution in [0, 0.1) is 0 Å². The van der Waals surface area contributed by atoms with Crippen LogP contribution in [0.15, 0.2) is 158 Å². The summed E-state index contributed by atoms with van der Waals surface area (Å²) in [6.45, 7) is 1.76. The van der Waals surface area contributed by atoms with Gasteiger partial charge in [-0.15, -0.1) is 0 Å². The molecule has 1 saturated heterocycles. The van der Waals surface area contributed by atoms with Crippen LogP contribution in [0.25, 0.3) is 0 Å². The van der Waals surface area contributed by atoms with Crippen LogP contribution in [-0.4, -0.2) is 74.4 Å². The fourth-order valence-electron chi connectivity index (χ4n) is 6.91. The Morgan fingerprint density at radius 3 is 1.50 bits per heavy atom. The molecule has 10 nitrogen and oxygen atoms in total. The summed E-state index contributed by atoms with van der Waals surface area (Å²) >= 11 is 0. The topological polar surface area (TPSA) is 103 Å². The molecule has 2 heterocycles. The molecule has 58 heavy (non-hydrogen) atoms. The van der Waals surface area contributed by atoms with Gasteiger partial charge in [0.15, 0.2) is 12.4 Å². The number of aliphatic hydroxyl groups excluding tert-OH is 1. The first-order valence-electron chi connectivity index (χ1n) is 19.7. The second-order valence-electron chi connectivity index (χ2n) is 14.3. The monoisotopic (exact) mass is 788 g/mol. The first-order chi connectivity index (χ1) is 28.6. The van der Waals surface area contributed by atoms with Crippen LogP contribution >= 0.6 is 0 Å². The first kappa shape index (κ1) is 41.3. The van der Waals surface area contributed by atoms with E-state index in [0.29, 0.717) is 19.8 Å². The van der Waals surface area contributed by atoms with Crippen molar-refractivity contribution in [1.29, 1.82) is 0 Å². The summed E-state index contributed by atoms with van der Waals surface area (Å²) in [5.74, 6) is 0.734. The summed E-state index contributed by atoms with van der Waals surface area (Å²) in [5.41, 5.74) is 4.89. The van der Waals surface area contributed by atoms with Crippen LogP contribution in [-0.2, 0) is 70.9 Å². The molecule has 0 aliphatic carbocycles. The predicted octanol–water partition coefficient (Wildman–Crippen LogP) is 7.57. The minimum Gasteiger partial charge on any atom is -0.497 e. The van der Waals surface area contributed by atoms with Crippen LogP contribution in [0.4, 0.5) is 0 Å². The number of ether oxygens (including phenoxy) is 9.